The lowest BCUT2D eigenvalue weighted by Crippen LogP contribution is -2.43. The Balaban J connectivity index is 2.05. The van der Waals surface area contributed by atoms with E-state index in [0.29, 0.717) is 19.0 Å². The molecule has 0 aromatic heterocycles. The van der Waals surface area contributed by atoms with Gasteiger partial charge in [0.15, 0.2) is 0 Å². The molecule has 2 saturated heterocycles. The first-order chi connectivity index (χ1) is 6.18. The van der Waals surface area contributed by atoms with Crippen LogP contribution in [0.25, 0.3) is 0 Å². The first kappa shape index (κ1) is 8.34. The zero-order valence-electron chi connectivity index (χ0n) is 7.19. The molecule has 72 valence electrons. The summed E-state index contributed by atoms with van der Waals surface area (Å²) in [6, 6.07) is 0. The molecule has 0 bridgehead atoms. The van der Waals surface area contributed by atoms with Crippen LogP contribution in [0.2, 0.25) is 0 Å². The predicted molar refractivity (Wildman–Crippen MR) is 44.2 cm³/mol. The quantitative estimate of drug-likeness (QED) is 0.544. The molecule has 5 heteroatoms. The van der Waals surface area contributed by atoms with E-state index in [-0.39, 0.29) is 11.8 Å². The van der Waals surface area contributed by atoms with Gasteiger partial charge in [0.2, 0.25) is 5.91 Å². The van der Waals surface area contributed by atoms with E-state index >= 15 is 0 Å². The molecule has 2 amide bonds. The second-order valence-corrected chi connectivity index (χ2v) is 3.63. The molecule has 0 aliphatic carbocycles. The highest BCUT2D eigenvalue weighted by molar-refractivity contribution is 5.82. The van der Waals surface area contributed by atoms with Crippen LogP contribution >= 0.6 is 0 Å². The normalized spacial score (nSPS) is 32.6. The number of hydrogen-bond donors (Lipinski definition) is 2. The smallest absolute Gasteiger partial charge is 0.407 e. The summed E-state index contributed by atoms with van der Waals surface area (Å²) in [5, 5.41) is 11.5. The minimum atomic E-state index is -0.918. The van der Waals surface area contributed by atoms with Crippen LogP contribution in [0.15, 0.2) is 0 Å². The lowest BCUT2D eigenvalue weighted by molar-refractivity contribution is -0.123. The molecule has 0 spiro atoms. The molecule has 5 nitrogen and oxygen atoms in total. The van der Waals surface area contributed by atoms with Crippen molar-refractivity contribution in [3.63, 3.8) is 0 Å². The zero-order valence-corrected chi connectivity index (χ0v) is 7.19. The molecule has 2 aliphatic rings. The fourth-order valence-electron chi connectivity index (χ4n) is 2.08. The Kier molecular flexibility index (Phi) is 1.86. The summed E-state index contributed by atoms with van der Waals surface area (Å²) in [4.78, 5) is 23.2. The van der Waals surface area contributed by atoms with E-state index in [4.69, 9.17) is 5.11 Å². The Morgan fingerprint density at radius 1 is 1.62 bits per heavy atom. The third-order valence-corrected chi connectivity index (χ3v) is 2.90. The van der Waals surface area contributed by atoms with Crippen molar-refractivity contribution < 1.29 is 14.7 Å². The van der Waals surface area contributed by atoms with E-state index in [1.807, 2.05) is 0 Å². The van der Waals surface area contributed by atoms with Crippen LogP contribution in [0.4, 0.5) is 4.79 Å². The molecule has 2 atom stereocenters. The molecular formula is C8H12N2O3. The van der Waals surface area contributed by atoms with Gasteiger partial charge in [-0.15, -0.1) is 0 Å². The van der Waals surface area contributed by atoms with Crippen LogP contribution in [0.1, 0.15) is 6.42 Å². The molecule has 0 aromatic rings. The first-order valence-electron chi connectivity index (χ1n) is 4.44. The van der Waals surface area contributed by atoms with Crippen LogP contribution in [0.3, 0.4) is 0 Å². The van der Waals surface area contributed by atoms with Gasteiger partial charge in [-0.25, -0.2) is 4.79 Å². The maximum atomic E-state index is 11.2. The average Bonchev–Trinajstić information content (AvgIpc) is 2.47. The molecule has 2 N–H and O–H groups in total. The van der Waals surface area contributed by atoms with Crippen molar-refractivity contribution in [1.29, 1.82) is 0 Å². The fraction of sp³-hybridized carbons (Fsp3) is 0.750. The third-order valence-electron chi connectivity index (χ3n) is 2.90. The number of nitrogens with one attached hydrogen (secondary N) is 1. The SMILES string of the molecule is O=C1NC[C@@H]2CCN(C(=O)O)C[C@H]12. The standard InChI is InChI=1S/C8H12N2O3/c11-7-6-4-10(8(12)13)2-1-5(6)3-9-7/h5-6H,1-4H2,(H,9,11)(H,12,13)/t5-,6-/m0/s1. The molecule has 0 saturated carbocycles. The summed E-state index contributed by atoms with van der Waals surface area (Å²) in [5.74, 6) is 0.254. The van der Waals surface area contributed by atoms with E-state index in [2.05, 4.69) is 5.32 Å². The molecule has 0 unspecified atom stereocenters. The molecule has 2 aliphatic heterocycles. The van der Waals surface area contributed by atoms with Gasteiger partial charge in [-0.1, -0.05) is 0 Å². The van der Waals surface area contributed by atoms with Crippen LogP contribution in [0.5, 0.6) is 0 Å². The molecular weight excluding hydrogens is 172 g/mol. The Hall–Kier alpha value is -1.26. The molecule has 13 heavy (non-hydrogen) atoms. The first-order valence-corrected chi connectivity index (χ1v) is 4.44. The lowest BCUT2D eigenvalue weighted by atomic mass is 9.88. The van der Waals surface area contributed by atoms with Gasteiger partial charge in [-0.05, 0) is 12.3 Å². The van der Waals surface area contributed by atoms with Gasteiger partial charge < -0.3 is 15.3 Å². The minimum absolute atomic E-state index is 0.0101. The molecule has 2 rings (SSSR count). The predicted octanol–water partition coefficient (Wildman–Crippen LogP) is -0.268. The monoisotopic (exact) mass is 184 g/mol. The summed E-state index contributed by atoms with van der Waals surface area (Å²) in [6.45, 7) is 1.65. The van der Waals surface area contributed by atoms with Gasteiger partial charge in [0.25, 0.3) is 0 Å². The Morgan fingerprint density at radius 3 is 3.08 bits per heavy atom. The highest BCUT2D eigenvalue weighted by atomic mass is 16.4. The van der Waals surface area contributed by atoms with Crippen LogP contribution < -0.4 is 5.32 Å². The van der Waals surface area contributed by atoms with E-state index in [1.54, 1.807) is 0 Å². The van der Waals surface area contributed by atoms with Crippen molar-refractivity contribution in [2.75, 3.05) is 19.6 Å². The summed E-state index contributed by atoms with van der Waals surface area (Å²) >= 11 is 0. The summed E-state index contributed by atoms with van der Waals surface area (Å²) in [5.41, 5.74) is 0. The fourth-order valence-corrected chi connectivity index (χ4v) is 2.08. The van der Waals surface area contributed by atoms with Gasteiger partial charge in [-0.3, -0.25) is 4.79 Å². The lowest BCUT2D eigenvalue weighted by Gasteiger charge is -2.31. The Morgan fingerprint density at radius 2 is 2.38 bits per heavy atom. The second kappa shape index (κ2) is 2.90. The van der Waals surface area contributed by atoms with E-state index in [9.17, 15) is 9.59 Å². The van der Waals surface area contributed by atoms with Gasteiger partial charge in [0.1, 0.15) is 0 Å². The van der Waals surface area contributed by atoms with E-state index < -0.39 is 6.09 Å². The van der Waals surface area contributed by atoms with Crippen LogP contribution in [-0.4, -0.2) is 41.6 Å². The number of hydrogen-bond acceptors (Lipinski definition) is 2. The summed E-state index contributed by atoms with van der Waals surface area (Å²) < 4.78 is 0. The maximum absolute atomic E-state index is 11.2. The molecule has 2 heterocycles. The number of carbonyl (C=O) groups is 2. The molecule has 0 radical (unpaired) electrons. The van der Waals surface area contributed by atoms with Gasteiger partial charge in [0.05, 0.1) is 5.92 Å². The number of carbonyl (C=O) groups excluding carboxylic acids is 1. The van der Waals surface area contributed by atoms with Crippen LogP contribution in [0, 0.1) is 11.8 Å². The maximum Gasteiger partial charge on any atom is 0.407 e. The van der Waals surface area contributed by atoms with Gasteiger partial charge in [-0.2, -0.15) is 0 Å². The Labute approximate surface area is 75.7 Å². The second-order valence-electron chi connectivity index (χ2n) is 3.63. The summed E-state index contributed by atoms with van der Waals surface area (Å²) in [7, 11) is 0. The van der Waals surface area contributed by atoms with Gasteiger partial charge in [0, 0.05) is 19.6 Å². The zero-order chi connectivity index (χ0) is 9.42. The van der Waals surface area contributed by atoms with Crippen molar-refractivity contribution in [3.05, 3.63) is 0 Å². The van der Waals surface area contributed by atoms with Crippen molar-refractivity contribution in [2.24, 2.45) is 11.8 Å². The number of amides is 2. The van der Waals surface area contributed by atoms with Crippen molar-refractivity contribution >= 4 is 12.0 Å². The number of carboxylic acid groups (broad SMARTS) is 1. The van der Waals surface area contributed by atoms with Crippen molar-refractivity contribution in [3.8, 4) is 0 Å². The number of rotatable bonds is 0. The highest BCUT2D eigenvalue weighted by Gasteiger charge is 2.40. The molecule has 2 fully saturated rings. The summed E-state index contributed by atoms with van der Waals surface area (Å²) in [6.07, 6.45) is -0.117. The number of nitrogens with zero attached hydrogens (tertiary/aromatic N) is 1. The van der Waals surface area contributed by atoms with E-state index in [0.717, 1.165) is 13.0 Å². The molecule has 0 aromatic carbocycles. The van der Waals surface area contributed by atoms with Crippen molar-refractivity contribution in [2.45, 2.75) is 6.42 Å². The number of fused-ring (bicyclic) bond motifs is 1. The average molecular weight is 184 g/mol. The topological polar surface area (TPSA) is 69.6 Å². The minimum Gasteiger partial charge on any atom is -0.465 e. The Bertz CT molecular complexity index is 254. The van der Waals surface area contributed by atoms with Gasteiger partial charge >= 0.3 is 6.09 Å². The van der Waals surface area contributed by atoms with Crippen LogP contribution in [-0.2, 0) is 4.79 Å². The van der Waals surface area contributed by atoms with Crippen molar-refractivity contribution in [1.82, 2.24) is 10.2 Å². The third kappa shape index (κ3) is 1.34. The number of piperidine rings is 1. The highest BCUT2D eigenvalue weighted by Crippen LogP contribution is 2.27. The number of likely N-dealkylation sites (tertiary alicyclic amines) is 1. The largest absolute Gasteiger partial charge is 0.465 e. The van der Waals surface area contributed by atoms with E-state index in [1.165, 1.54) is 4.90 Å².